The first-order valence-corrected chi connectivity index (χ1v) is 10.3. The molecular formula is C23H22FN5O5. The van der Waals surface area contributed by atoms with Gasteiger partial charge in [0.1, 0.15) is 12.4 Å². The summed E-state index contributed by atoms with van der Waals surface area (Å²) in [5.41, 5.74) is 0.877. The van der Waals surface area contributed by atoms with Crippen LogP contribution in [0.25, 0.3) is 16.9 Å². The molecule has 176 valence electrons. The number of carbonyl (C=O) groups is 2. The third kappa shape index (κ3) is 3.74. The second kappa shape index (κ2) is 8.58. The number of ketones is 1. The molecule has 34 heavy (non-hydrogen) atoms. The van der Waals surface area contributed by atoms with Crippen LogP contribution in [-0.4, -0.2) is 41.6 Å². The average Bonchev–Trinajstić information content (AvgIpc) is 3.35. The zero-order valence-corrected chi connectivity index (χ0v) is 19.0. The van der Waals surface area contributed by atoms with Gasteiger partial charge in [0.25, 0.3) is 5.56 Å². The average molecular weight is 467 g/mol. The van der Waals surface area contributed by atoms with Crippen LogP contribution in [0, 0.1) is 19.7 Å². The third-order valence-corrected chi connectivity index (χ3v) is 5.71. The molecule has 3 aromatic heterocycles. The number of imidazole rings is 1. The van der Waals surface area contributed by atoms with Gasteiger partial charge < -0.3 is 13.9 Å². The Morgan fingerprint density at radius 2 is 1.79 bits per heavy atom. The van der Waals surface area contributed by atoms with Gasteiger partial charge in [-0.2, -0.15) is 0 Å². The number of ether oxygens (including phenoxy) is 1. The van der Waals surface area contributed by atoms with E-state index in [1.165, 1.54) is 35.6 Å². The van der Waals surface area contributed by atoms with Crippen molar-refractivity contribution in [2.24, 2.45) is 14.1 Å². The molecule has 0 spiro atoms. The van der Waals surface area contributed by atoms with E-state index < -0.39 is 35.4 Å². The second-order valence-corrected chi connectivity index (χ2v) is 7.91. The molecule has 0 amide bonds. The Morgan fingerprint density at radius 1 is 1.09 bits per heavy atom. The Bertz CT molecular complexity index is 1570. The molecule has 0 aliphatic rings. The number of para-hydroxylation sites is 1. The van der Waals surface area contributed by atoms with Crippen LogP contribution in [0.4, 0.5) is 4.39 Å². The number of carbonyl (C=O) groups excluding carboxylic acids is 2. The Balaban J connectivity index is 1.51. The molecular weight excluding hydrogens is 445 g/mol. The van der Waals surface area contributed by atoms with Crippen LogP contribution in [-0.2, 0) is 30.2 Å². The number of esters is 1. The van der Waals surface area contributed by atoms with E-state index in [0.29, 0.717) is 22.6 Å². The molecule has 0 bridgehead atoms. The van der Waals surface area contributed by atoms with Crippen molar-refractivity contribution in [2.45, 2.75) is 20.4 Å². The number of benzene rings is 1. The highest BCUT2D eigenvalue weighted by Gasteiger charge is 2.21. The van der Waals surface area contributed by atoms with Gasteiger partial charge in [0.2, 0.25) is 5.78 Å². The van der Waals surface area contributed by atoms with Crippen LogP contribution in [0.3, 0.4) is 0 Å². The molecule has 0 saturated heterocycles. The van der Waals surface area contributed by atoms with E-state index in [1.807, 2.05) is 0 Å². The van der Waals surface area contributed by atoms with Gasteiger partial charge in [0, 0.05) is 31.0 Å². The predicted octanol–water partition coefficient (Wildman–Crippen LogP) is 1.41. The van der Waals surface area contributed by atoms with E-state index in [0.717, 1.165) is 4.57 Å². The summed E-state index contributed by atoms with van der Waals surface area (Å²) in [6, 6.07) is 7.84. The van der Waals surface area contributed by atoms with Gasteiger partial charge in [0.05, 0.1) is 12.0 Å². The minimum Gasteiger partial charge on any atom is -0.456 e. The fourth-order valence-electron chi connectivity index (χ4n) is 3.97. The number of halogens is 1. The van der Waals surface area contributed by atoms with Crippen molar-refractivity contribution in [3.05, 3.63) is 80.3 Å². The first kappa shape index (κ1) is 22.9. The SMILES string of the molecule is Cc1cc(C(=O)COC(=O)Cn2cnc3c2c(=O)n(C)c(=O)n3C)c(C)n1-c1ccccc1F. The van der Waals surface area contributed by atoms with Gasteiger partial charge >= 0.3 is 11.7 Å². The van der Waals surface area contributed by atoms with Crippen molar-refractivity contribution in [3.8, 4) is 5.69 Å². The van der Waals surface area contributed by atoms with E-state index in [1.54, 1.807) is 42.7 Å². The lowest BCUT2D eigenvalue weighted by atomic mass is 10.1. The van der Waals surface area contributed by atoms with Gasteiger partial charge in [-0.25, -0.2) is 14.2 Å². The maximum Gasteiger partial charge on any atom is 0.332 e. The van der Waals surface area contributed by atoms with Crippen molar-refractivity contribution in [1.29, 1.82) is 0 Å². The fourth-order valence-corrected chi connectivity index (χ4v) is 3.97. The zero-order valence-electron chi connectivity index (χ0n) is 19.0. The van der Waals surface area contributed by atoms with Crippen LogP contribution in [0.2, 0.25) is 0 Å². The molecule has 0 radical (unpaired) electrons. The Hall–Kier alpha value is -4.28. The summed E-state index contributed by atoms with van der Waals surface area (Å²) < 4.78 is 24.4. The minimum atomic E-state index is -0.758. The molecule has 0 saturated carbocycles. The molecule has 3 heterocycles. The van der Waals surface area contributed by atoms with E-state index in [-0.39, 0.29) is 17.7 Å². The third-order valence-electron chi connectivity index (χ3n) is 5.71. The van der Waals surface area contributed by atoms with E-state index >= 15 is 0 Å². The molecule has 11 heteroatoms. The standard InChI is InChI=1S/C23H22FN5O5/c1-13-9-15(14(2)29(13)17-8-6-5-7-16(17)24)18(30)11-34-19(31)10-28-12-25-21-20(28)22(32)27(4)23(33)26(21)3/h5-9,12H,10-11H2,1-4H3. The second-order valence-electron chi connectivity index (χ2n) is 7.91. The Morgan fingerprint density at radius 3 is 2.50 bits per heavy atom. The number of fused-ring (bicyclic) bond motifs is 1. The van der Waals surface area contributed by atoms with Crippen LogP contribution >= 0.6 is 0 Å². The summed E-state index contributed by atoms with van der Waals surface area (Å²) in [6.45, 7) is 2.54. The highest BCUT2D eigenvalue weighted by atomic mass is 19.1. The first-order chi connectivity index (χ1) is 16.1. The van der Waals surface area contributed by atoms with Crippen molar-refractivity contribution < 1.29 is 18.7 Å². The lowest BCUT2D eigenvalue weighted by molar-refractivity contribution is -0.143. The molecule has 4 rings (SSSR count). The van der Waals surface area contributed by atoms with Gasteiger partial charge in [-0.15, -0.1) is 0 Å². The number of nitrogens with zero attached hydrogens (tertiary/aromatic N) is 5. The molecule has 0 aliphatic carbocycles. The van der Waals surface area contributed by atoms with Crippen LogP contribution in [0.1, 0.15) is 21.7 Å². The summed E-state index contributed by atoms with van der Waals surface area (Å²) in [7, 11) is 2.80. The molecule has 0 N–H and O–H groups in total. The maximum absolute atomic E-state index is 14.3. The summed E-state index contributed by atoms with van der Waals surface area (Å²) in [5, 5.41) is 0. The molecule has 0 unspecified atom stereocenters. The zero-order chi connectivity index (χ0) is 24.7. The van der Waals surface area contributed by atoms with Crippen LogP contribution in [0.15, 0.2) is 46.2 Å². The summed E-state index contributed by atoms with van der Waals surface area (Å²) >= 11 is 0. The first-order valence-electron chi connectivity index (χ1n) is 10.3. The molecule has 1 aromatic carbocycles. The van der Waals surface area contributed by atoms with E-state index in [2.05, 4.69) is 4.98 Å². The maximum atomic E-state index is 14.3. The largest absolute Gasteiger partial charge is 0.456 e. The monoisotopic (exact) mass is 467 g/mol. The molecule has 4 aromatic rings. The minimum absolute atomic E-state index is 0.0707. The topological polar surface area (TPSA) is 110 Å². The lowest BCUT2D eigenvalue weighted by Gasteiger charge is -2.11. The fraction of sp³-hybridized carbons (Fsp3) is 0.261. The Kier molecular flexibility index (Phi) is 5.78. The van der Waals surface area contributed by atoms with Crippen LogP contribution < -0.4 is 11.2 Å². The number of rotatable bonds is 6. The lowest BCUT2D eigenvalue weighted by Crippen LogP contribution is -2.37. The van der Waals surface area contributed by atoms with Crippen LogP contribution in [0.5, 0.6) is 0 Å². The number of Topliss-reactive ketones (excluding diaryl/α,β-unsaturated/α-hetero) is 1. The quantitative estimate of drug-likeness (QED) is 0.313. The van der Waals surface area contributed by atoms with Gasteiger partial charge in [-0.1, -0.05) is 12.1 Å². The molecule has 0 aliphatic heterocycles. The Labute approximate surface area is 192 Å². The van der Waals surface area contributed by atoms with Gasteiger partial charge in [-0.05, 0) is 32.0 Å². The number of hydrogen-bond donors (Lipinski definition) is 0. The van der Waals surface area contributed by atoms with Gasteiger partial charge in [0.15, 0.2) is 17.8 Å². The normalized spacial score (nSPS) is 11.2. The van der Waals surface area contributed by atoms with Crippen molar-refractivity contribution in [2.75, 3.05) is 6.61 Å². The predicted molar refractivity (Wildman–Crippen MR) is 121 cm³/mol. The molecule has 0 atom stereocenters. The summed E-state index contributed by atoms with van der Waals surface area (Å²) in [6.07, 6.45) is 1.26. The van der Waals surface area contributed by atoms with Crippen molar-refractivity contribution in [1.82, 2.24) is 23.3 Å². The van der Waals surface area contributed by atoms with Gasteiger partial charge in [-0.3, -0.25) is 23.5 Å². The van der Waals surface area contributed by atoms with Crippen molar-refractivity contribution in [3.63, 3.8) is 0 Å². The number of hydrogen-bond acceptors (Lipinski definition) is 6. The highest BCUT2D eigenvalue weighted by molar-refractivity contribution is 5.99. The molecule has 0 fully saturated rings. The van der Waals surface area contributed by atoms with E-state index in [4.69, 9.17) is 4.74 Å². The number of aryl methyl sites for hydroxylation is 2. The highest BCUT2D eigenvalue weighted by Crippen LogP contribution is 2.23. The molecule has 10 nitrogen and oxygen atoms in total. The van der Waals surface area contributed by atoms with Crippen molar-refractivity contribution >= 4 is 22.9 Å². The smallest absolute Gasteiger partial charge is 0.332 e. The van der Waals surface area contributed by atoms with E-state index in [9.17, 15) is 23.6 Å². The summed E-state index contributed by atoms with van der Waals surface area (Å²) in [4.78, 5) is 53.7. The number of aromatic nitrogens is 5. The summed E-state index contributed by atoms with van der Waals surface area (Å²) in [5.74, 6) is -1.63.